The van der Waals surface area contributed by atoms with Crippen molar-refractivity contribution >= 4 is 5.97 Å². The van der Waals surface area contributed by atoms with Gasteiger partial charge in [-0.2, -0.15) is 0 Å². The molecule has 0 N–H and O–H groups in total. The molecule has 0 aliphatic carbocycles. The third kappa shape index (κ3) is 4.31. The maximum Gasteiger partial charge on any atom is 0.330 e. The van der Waals surface area contributed by atoms with E-state index in [2.05, 4.69) is 12.6 Å². The Morgan fingerprint density at radius 2 is 2.27 bits per heavy atom. The van der Waals surface area contributed by atoms with Crippen molar-refractivity contribution < 1.29 is 14.3 Å². The minimum absolute atomic E-state index is 0.292. The monoisotopic (exact) mass is 205 g/mol. The van der Waals surface area contributed by atoms with Gasteiger partial charge in [0.2, 0.25) is 0 Å². The lowest BCUT2D eigenvalue weighted by atomic mass is 10.3. The van der Waals surface area contributed by atoms with E-state index in [4.69, 9.17) is 9.47 Å². The summed E-state index contributed by atoms with van der Waals surface area (Å²) in [5, 5.41) is 0. The van der Waals surface area contributed by atoms with Crippen LogP contribution in [0.5, 0.6) is 5.75 Å². The van der Waals surface area contributed by atoms with E-state index in [0.29, 0.717) is 6.61 Å². The maximum absolute atomic E-state index is 10.8. The predicted octanol–water partition coefficient (Wildman–Crippen LogP) is 1.98. The quantitative estimate of drug-likeness (QED) is 0.544. The number of hydrogen-bond donors (Lipinski definition) is 0. The van der Waals surface area contributed by atoms with Crippen molar-refractivity contribution in [2.24, 2.45) is 0 Å². The standard InChI is InChI=1S/C12H13O3/c1-3-12(13)15-10(2)9-14-11-7-5-4-6-8-11/h3,5-8,10H,1,9H2,2H3. The minimum atomic E-state index is -0.438. The molecule has 1 atom stereocenters. The van der Waals surface area contributed by atoms with Crippen LogP contribution in [-0.4, -0.2) is 18.7 Å². The van der Waals surface area contributed by atoms with Gasteiger partial charge >= 0.3 is 5.97 Å². The molecule has 0 bridgehead atoms. The summed E-state index contributed by atoms with van der Waals surface area (Å²) in [5.41, 5.74) is 0. The van der Waals surface area contributed by atoms with Gasteiger partial charge in [0.1, 0.15) is 18.5 Å². The van der Waals surface area contributed by atoms with Gasteiger partial charge in [-0.3, -0.25) is 0 Å². The fourth-order valence-corrected chi connectivity index (χ4v) is 0.962. The summed E-state index contributed by atoms with van der Waals surface area (Å²) >= 11 is 0. The number of hydrogen-bond acceptors (Lipinski definition) is 3. The van der Waals surface area contributed by atoms with E-state index < -0.39 is 5.97 Å². The number of ether oxygens (including phenoxy) is 2. The molecular formula is C12H13O3. The first kappa shape index (κ1) is 11.3. The van der Waals surface area contributed by atoms with Gasteiger partial charge in [-0.05, 0) is 25.1 Å². The number of rotatable bonds is 5. The van der Waals surface area contributed by atoms with Crippen LogP contribution in [0.4, 0.5) is 0 Å². The first-order chi connectivity index (χ1) is 7.22. The van der Waals surface area contributed by atoms with Gasteiger partial charge in [0, 0.05) is 6.08 Å². The van der Waals surface area contributed by atoms with Crippen LogP contribution in [0, 0.1) is 6.07 Å². The Morgan fingerprint density at radius 3 is 2.87 bits per heavy atom. The molecule has 0 aliphatic heterocycles. The van der Waals surface area contributed by atoms with Gasteiger partial charge in [0.25, 0.3) is 0 Å². The molecule has 1 aromatic carbocycles. The van der Waals surface area contributed by atoms with Crippen LogP contribution in [0.25, 0.3) is 0 Å². The van der Waals surface area contributed by atoms with Crippen LogP contribution in [-0.2, 0) is 9.53 Å². The average molecular weight is 205 g/mol. The molecule has 0 aromatic heterocycles. The maximum atomic E-state index is 10.8. The third-order valence-electron chi connectivity index (χ3n) is 1.66. The lowest BCUT2D eigenvalue weighted by Gasteiger charge is -2.12. The highest BCUT2D eigenvalue weighted by Gasteiger charge is 2.06. The second kappa shape index (κ2) is 5.86. The van der Waals surface area contributed by atoms with Crippen molar-refractivity contribution in [1.82, 2.24) is 0 Å². The lowest BCUT2D eigenvalue weighted by Crippen LogP contribution is -2.20. The molecule has 3 heteroatoms. The molecule has 0 fully saturated rings. The van der Waals surface area contributed by atoms with Crippen LogP contribution in [0.1, 0.15) is 6.92 Å². The van der Waals surface area contributed by atoms with E-state index >= 15 is 0 Å². The zero-order chi connectivity index (χ0) is 11.1. The van der Waals surface area contributed by atoms with Gasteiger partial charge in [0.15, 0.2) is 0 Å². The smallest absolute Gasteiger partial charge is 0.330 e. The normalized spacial score (nSPS) is 11.5. The summed E-state index contributed by atoms with van der Waals surface area (Å²) < 4.78 is 10.3. The third-order valence-corrected chi connectivity index (χ3v) is 1.66. The fraction of sp³-hybridized carbons (Fsp3) is 0.250. The molecule has 3 nitrogen and oxygen atoms in total. The molecule has 0 saturated carbocycles. The summed E-state index contributed by atoms with van der Waals surface area (Å²) in [5.74, 6) is 0.294. The van der Waals surface area contributed by atoms with Gasteiger partial charge in [-0.25, -0.2) is 4.79 Å². The molecule has 1 radical (unpaired) electrons. The second-order valence-corrected chi connectivity index (χ2v) is 3.00. The largest absolute Gasteiger partial charge is 0.490 e. The van der Waals surface area contributed by atoms with Gasteiger partial charge in [0.05, 0.1) is 0 Å². The molecular weight excluding hydrogens is 192 g/mol. The average Bonchev–Trinajstić information content (AvgIpc) is 2.27. The first-order valence-electron chi connectivity index (χ1n) is 4.64. The van der Waals surface area contributed by atoms with E-state index in [9.17, 15) is 4.79 Å². The molecule has 0 aliphatic rings. The van der Waals surface area contributed by atoms with Crippen molar-refractivity contribution in [3.8, 4) is 5.75 Å². The van der Waals surface area contributed by atoms with Crippen LogP contribution >= 0.6 is 0 Å². The molecule has 15 heavy (non-hydrogen) atoms. The van der Waals surface area contributed by atoms with E-state index in [1.54, 1.807) is 31.2 Å². The number of carbonyl (C=O) groups excluding carboxylic acids is 1. The molecule has 1 aromatic rings. The van der Waals surface area contributed by atoms with Crippen molar-refractivity contribution in [3.63, 3.8) is 0 Å². The Kier molecular flexibility index (Phi) is 4.41. The Labute approximate surface area is 89.3 Å². The molecule has 0 spiro atoms. The van der Waals surface area contributed by atoms with E-state index in [1.807, 2.05) is 0 Å². The van der Waals surface area contributed by atoms with Crippen LogP contribution in [0.2, 0.25) is 0 Å². The lowest BCUT2D eigenvalue weighted by molar-refractivity contribution is -0.143. The van der Waals surface area contributed by atoms with Crippen molar-refractivity contribution in [3.05, 3.63) is 43.0 Å². The molecule has 1 rings (SSSR count). The van der Waals surface area contributed by atoms with Gasteiger partial charge in [-0.1, -0.05) is 18.7 Å². The number of benzene rings is 1. The first-order valence-corrected chi connectivity index (χ1v) is 4.64. The summed E-state index contributed by atoms with van der Waals surface area (Å²) in [4.78, 5) is 10.8. The van der Waals surface area contributed by atoms with Crippen LogP contribution < -0.4 is 4.74 Å². The van der Waals surface area contributed by atoms with Crippen molar-refractivity contribution in [2.75, 3.05) is 6.61 Å². The molecule has 0 saturated heterocycles. The predicted molar refractivity (Wildman–Crippen MR) is 56.5 cm³/mol. The zero-order valence-electron chi connectivity index (χ0n) is 8.60. The zero-order valence-corrected chi connectivity index (χ0v) is 8.60. The van der Waals surface area contributed by atoms with E-state index in [1.165, 1.54) is 0 Å². The molecule has 1 unspecified atom stereocenters. The number of esters is 1. The van der Waals surface area contributed by atoms with Crippen molar-refractivity contribution in [1.29, 1.82) is 0 Å². The molecule has 0 amide bonds. The SMILES string of the molecule is C=CC(=O)OC(C)COc1cc[c]cc1. The Hall–Kier alpha value is -1.77. The van der Waals surface area contributed by atoms with Crippen LogP contribution in [0.3, 0.4) is 0 Å². The Bertz CT molecular complexity index is 319. The molecule has 0 heterocycles. The van der Waals surface area contributed by atoms with Crippen molar-refractivity contribution in [2.45, 2.75) is 13.0 Å². The van der Waals surface area contributed by atoms with Crippen LogP contribution in [0.15, 0.2) is 36.9 Å². The second-order valence-electron chi connectivity index (χ2n) is 3.00. The van der Waals surface area contributed by atoms with E-state index in [0.717, 1.165) is 11.8 Å². The minimum Gasteiger partial charge on any atom is -0.490 e. The highest BCUT2D eigenvalue weighted by atomic mass is 16.6. The topological polar surface area (TPSA) is 35.5 Å². The summed E-state index contributed by atoms with van der Waals surface area (Å²) in [7, 11) is 0. The Balaban J connectivity index is 2.31. The summed E-state index contributed by atoms with van der Waals surface area (Å²) in [6.45, 7) is 5.40. The van der Waals surface area contributed by atoms with Gasteiger partial charge < -0.3 is 9.47 Å². The van der Waals surface area contributed by atoms with Gasteiger partial charge in [-0.15, -0.1) is 0 Å². The highest BCUT2D eigenvalue weighted by Crippen LogP contribution is 2.08. The highest BCUT2D eigenvalue weighted by molar-refractivity contribution is 5.81. The summed E-state index contributed by atoms with van der Waals surface area (Å²) in [6, 6.07) is 9.99. The fourth-order valence-electron chi connectivity index (χ4n) is 0.962. The molecule has 79 valence electrons. The summed E-state index contributed by atoms with van der Waals surface area (Å²) in [6.07, 6.45) is 0.841. The Morgan fingerprint density at radius 1 is 1.60 bits per heavy atom. The number of carbonyl (C=O) groups is 1. The van der Waals surface area contributed by atoms with E-state index in [-0.39, 0.29) is 6.10 Å².